The van der Waals surface area contributed by atoms with Crippen molar-refractivity contribution >= 4 is 17.0 Å². The van der Waals surface area contributed by atoms with Crippen LogP contribution in [-0.4, -0.2) is 10.8 Å². The van der Waals surface area contributed by atoms with E-state index in [-0.39, 0.29) is 5.78 Å². The lowest BCUT2D eigenvalue weighted by atomic mass is 9.96. The molecule has 0 unspecified atom stereocenters. The summed E-state index contributed by atoms with van der Waals surface area (Å²) in [6.45, 7) is 1.88. The smallest absolute Gasteiger partial charge is 0.156 e. The van der Waals surface area contributed by atoms with Gasteiger partial charge in [-0.3, -0.25) is 9.78 Å². The number of ketones is 1. The zero-order chi connectivity index (χ0) is 10.8. The highest BCUT2D eigenvalue weighted by Crippen LogP contribution is 2.24. The van der Waals surface area contributed by atoms with Gasteiger partial charge in [-0.15, -0.1) is 0 Å². The lowest BCUT2D eigenvalue weighted by Gasteiger charge is -2.12. The summed E-state index contributed by atoms with van der Waals surface area (Å²) in [5, 5.41) is 0. The topological polar surface area (TPSA) is 56.0 Å². The Morgan fingerprint density at radius 1 is 1.33 bits per heavy atom. The number of pyridine rings is 1. The number of rotatable bonds is 1. The van der Waals surface area contributed by atoms with Gasteiger partial charge in [0.1, 0.15) is 0 Å². The summed E-state index contributed by atoms with van der Waals surface area (Å²) in [6.07, 6.45) is 4.23. The highest BCUT2D eigenvalue weighted by molar-refractivity contribution is 5.98. The Bertz CT molecular complexity index is 435. The molecule has 1 heterocycles. The third kappa shape index (κ3) is 2.06. The summed E-state index contributed by atoms with van der Waals surface area (Å²) in [5.74, 6) is 0.201. The monoisotopic (exact) mass is 202 g/mol. The van der Waals surface area contributed by atoms with Gasteiger partial charge in [-0.2, -0.15) is 0 Å². The number of nitrogens with two attached hydrogens (primary N) is 1. The van der Waals surface area contributed by atoms with E-state index in [9.17, 15) is 4.79 Å². The third-order valence-electron chi connectivity index (χ3n) is 2.66. The molecule has 0 amide bonds. The molecule has 3 nitrogen and oxygen atoms in total. The van der Waals surface area contributed by atoms with Gasteiger partial charge in [-0.1, -0.05) is 0 Å². The maximum Gasteiger partial charge on any atom is 0.156 e. The Morgan fingerprint density at radius 3 is 2.80 bits per heavy atom. The Balaban J connectivity index is 2.37. The quantitative estimate of drug-likeness (QED) is 0.758. The Kier molecular flexibility index (Phi) is 2.54. The average Bonchev–Trinajstić information content (AvgIpc) is 2.22. The molecule has 1 aliphatic carbocycles. The van der Waals surface area contributed by atoms with E-state index in [1.807, 2.05) is 19.1 Å². The number of nitrogen functional groups attached to an aromatic ring is 1. The molecule has 0 aliphatic heterocycles. The summed E-state index contributed by atoms with van der Waals surface area (Å²) < 4.78 is 0. The van der Waals surface area contributed by atoms with Crippen molar-refractivity contribution in [2.45, 2.75) is 26.2 Å². The number of hydrogen-bond donors (Lipinski definition) is 1. The van der Waals surface area contributed by atoms with Crippen LogP contribution in [0.4, 0.5) is 5.69 Å². The van der Waals surface area contributed by atoms with E-state index in [4.69, 9.17) is 5.73 Å². The molecule has 0 atom stereocenters. The molecular formula is C12H14N2O. The first kappa shape index (κ1) is 9.90. The first-order chi connectivity index (χ1) is 7.16. The number of allylic oxidation sites excluding steroid dienone is 2. The predicted octanol–water partition coefficient (Wildman–Crippen LogP) is 2.11. The van der Waals surface area contributed by atoms with E-state index in [0.29, 0.717) is 12.1 Å². The summed E-state index contributed by atoms with van der Waals surface area (Å²) in [7, 11) is 0. The SMILES string of the molecule is Cc1nc(C2=CC(=O)CCC2)ccc1N. The number of aromatic nitrogens is 1. The minimum atomic E-state index is 0.201. The van der Waals surface area contributed by atoms with Crippen molar-refractivity contribution < 1.29 is 4.79 Å². The predicted molar refractivity (Wildman–Crippen MR) is 60.2 cm³/mol. The summed E-state index contributed by atoms with van der Waals surface area (Å²) >= 11 is 0. The number of anilines is 1. The molecule has 0 saturated heterocycles. The van der Waals surface area contributed by atoms with E-state index in [1.165, 1.54) is 0 Å². The normalized spacial score (nSPS) is 16.3. The largest absolute Gasteiger partial charge is 0.397 e. The number of hydrogen-bond acceptors (Lipinski definition) is 3. The molecule has 2 N–H and O–H groups in total. The summed E-state index contributed by atoms with van der Waals surface area (Å²) in [4.78, 5) is 15.7. The minimum Gasteiger partial charge on any atom is -0.397 e. The molecule has 1 aromatic rings. The highest BCUT2D eigenvalue weighted by Gasteiger charge is 2.12. The maximum absolute atomic E-state index is 11.3. The van der Waals surface area contributed by atoms with Crippen LogP contribution >= 0.6 is 0 Å². The van der Waals surface area contributed by atoms with Gasteiger partial charge in [-0.05, 0) is 43.5 Å². The molecule has 0 fully saturated rings. The first-order valence-electron chi connectivity index (χ1n) is 5.14. The zero-order valence-electron chi connectivity index (χ0n) is 8.79. The molecular weight excluding hydrogens is 188 g/mol. The molecule has 15 heavy (non-hydrogen) atoms. The second kappa shape index (κ2) is 3.85. The lowest BCUT2D eigenvalue weighted by molar-refractivity contribution is -0.114. The van der Waals surface area contributed by atoms with Crippen molar-refractivity contribution in [3.8, 4) is 0 Å². The van der Waals surface area contributed by atoms with E-state index < -0.39 is 0 Å². The highest BCUT2D eigenvalue weighted by atomic mass is 16.1. The molecule has 1 aromatic heterocycles. The third-order valence-corrected chi connectivity index (χ3v) is 2.66. The van der Waals surface area contributed by atoms with Crippen LogP contribution in [0.5, 0.6) is 0 Å². The van der Waals surface area contributed by atoms with Crippen molar-refractivity contribution in [2.24, 2.45) is 0 Å². The van der Waals surface area contributed by atoms with E-state index in [2.05, 4.69) is 4.98 Å². The second-order valence-corrected chi connectivity index (χ2v) is 3.86. The number of nitrogens with zero attached hydrogens (tertiary/aromatic N) is 1. The average molecular weight is 202 g/mol. The number of carbonyl (C=O) groups excluding carboxylic acids is 1. The standard InChI is InChI=1S/C12H14N2O/c1-8-11(13)5-6-12(14-8)9-3-2-4-10(15)7-9/h5-7H,2-4,13H2,1H3. The van der Waals surface area contributed by atoms with Crippen LogP contribution in [0.3, 0.4) is 0 Å². The lowest BCUT2D eigenvalue weighted by Crippen LogP contribution is -2.04. The van der Waals surface area contributed by atoms with Crippen molar-refractivity contribution in [1.82, 2.24) is 4.98 Å². The fraction of sp³-hybridized carbons (Fsp3) is 0.333. The maximum atomic E-state index is 11.3. The van der Waals surface area contributed by atoms with Gasteiger partial charge in [0.2, 0.25) is 0 Å². The van der Waals surface area contributed by atoms with Gasteiger partial charge in [0.25, 0.3) is 0 Å². The van der Waals surface area contributed by atoms with Gasteiger partial charge in [0, 0.05) is 6.42 Å². The fourth-order valence-corrected chi connectivity index (χ4v) is 1.74. The molecule has 1 aliphatic rings. The van der Waals surface area contributed by atoms with Gasteiger partial charge in [-0.25, -0.2) is 0 Å². The van der Waals surface area contributed by atoms with Gasteiger partial charge in [0.15, 0.2) is 5.78 Å². The van der Waals surface area contributed by atoms with E-state index >= 15 is 0 Å². The molecule has 0 bridgehead atoms. The molecule has 0 saturated carbocycles. The molecule has 2 rings (SSSR count). The van der Waals surface area contributed by atoms with E-state index in [0.717, 1.165) is 29.8 Å². The Morgan fingerprint density at radius 2 is 2.13 bits per heavy atom. The van der Waals surface area contributed by atoms with Crippen LogP contribution in [0.15, 0.2) is 18.2 Å². The van der Waals surface area contributed by atoms with E-state index in [1.54, 1.807) is 6.08 Å². The van der Waals surface area contributed by atoms with Crippen molar-refractivity contribution in [2.75, 3.05) is 5.73 Å². The van der Waals surface area contributed by atoms with Crippen LogP contribution in [-0.2, 0) is 4.79 Å². The Labute approximate surface area is 89.0 Å². The summed E-state index contributed by atoms with van der Waals surface area (Å²) in [5.41, 5.74) is 9.14. The minimum absolute atomic E-state index is 0.201. The van der Waals surface area contributed by atoms with Crippen molar-refractivity contribution in [1.29, 1.82) is 0 Å². The van der Waals surface area contributed by atoms with Crippen molar-refractivity contribution in [3.63, 3.8) is 0 Å². The zero-order valence-corrected chi connectivity index (χ0v) is 8.79. The van der Waals surface area contributed by atoms with Crippen LogP contribution in [0.1, 0.15) is 30.7 Å². The molecule has 0 spiro atoms. The van der Waals surface area contributed by atoms with Gasteiger partial charge in [0.05, 0.1) is 17.1 Å². The molecule has 3 heteroatoms. The van der Waals surface area contributed by atoms with Crippen LogP contribution < -0.4 is 5.73 Å². The van der Waals surface area contributed by atoms with Crippen LogP contribution in [0.25, 0.3) is 5.57 Å². The fourth-order valence-electron chi connectivity index (χ4n) is 1.74. The van der Waals surface area contributed by atoms with Gasteiger partial charge >= 0.3 is 0 Å². The molecule has 78 valence electrons. The van der Waals surface area contributed by atoms with Gasteiger partial charge < -0.3 is 5.73 Å². The van der Waals surface area contributed by atoms with Crippen molar-refractivity contribution in [3.05, 3.63) is 29.6 Å². The summed E-state index contributed by atoms with van der Waals surface area (Å²) in [6, 6.07) is 3.73. The first-order valence-corrected chi connectivity index (χ1v) is 5.14. The molecule has 0 radical (unpaired) electrons. The second-order valence-electron chi connectivity index (χ2n) is 3.86. The van der Waals surface area contributed by atoms with Crippen LogP contribution in [0.2, 0.25) is 0 Å². The number of carbonyl (C=O) groups is 1. The van der Waals surface area contributed by atoms with Crippen LogP contribution in [0, 0.1) is 6.92 Å². The number of aryl methyl sites for hydroxylation is 1. The molecule has 0 aromatic carbocycles. The Hall–Kier alpha value is -1.64.